The van der Waals surface area contributed by atoms with Gasteiger partial charge in [0.2, 0.25) is 5.88 Å². The van der Waals surface area contributed by atoms with E-state index in [1.807, 2.05) is 25.1 Å². The highest BCUT2D eigenvalue weighted by molar-refractivity contribution is 14.0. The molecule has 0 fully saturated rings. The number of nitrogens with one attached hydrogen (secondary N) is 2. The van der Waals surface area contributed by atoms with Crippen molar-refractivity contribution < 1.29 is 9.13 Å². The van der Waals surface area contributed by atoms with Gasteiger partial charge in [-0.1, -0.05) is 18.2 Å². The molecule has 0 bridgehead atoms. The second-order valence-corrected chi connectivity index (χ2v) is 5.17. The van der Waals surface area contributed by atoms with E-state index in [-0.39, 0.29) is 29.8 Å². The summed E-state index contributed by atoms with van der Waals surface area (Å²) in [5, 5.41) is 6.44. The molecule has 0 saturated heterocycles. The van der Waals surface area contributed by atoms with Crippen LogP contribution in [-0.4, -0.2) is 31.1 Å². The summed E-state index contributed by atoms with van der Waals surface area (Å²) in [6.45, 7) is 3.90. The van der Waals surface area contributed by atoms with Crippen molar-refractivity contribution >= 4 is 29.9 Å². The van der Waals surface area contributed by atoms with Gasteiger partial charge in [-0.3, -0.25) is 0 Å². The zero-order valence-electron chi connectivity index (χ0n) is 14.5. The molecule has 5 nitrogen and oxygen atoms in total. The zero-order valence-corrected chi connectivity index (χ0v) is 16.8. The van der Waals surface area contributed by atoms with Crippen molar-refractivity contribution in [2.45, 2.75) is 19.9 Å². The molecule has 7 heteroatoms. The van der Waals surface area contributed by atoms with Crippen molar-refractivity contribution in [1.82, 2.24) is 15.6 Å². The molecule has 0 aliphatic carbocycles. The number of hydrogen-bond acceptors (Lipinski definition) is 3. The fourth-order valence-electron chi connectivity index (χ4n) is 2.25. The summed E-state index contributed by atoms with van der Waals surface area (Å²) < 4.78 is 18.4. The molecule has 0 saturated carbocycles. The molecule has 0 atom stereocenters. The Labute approximate surface area is 165 Å². The van der Waals surface area contributed by atoms with E-state index in [0.717, 1.165) is 24.1 Å². The van der Waals surface area contributed by atoms with Gasteiger partial charge < -0.3 is 15.4 Å². The average Bonchev–Trinajstić information content (AvgIpc) is 2.60. The number of aromatic nitrogens is 1. The van der Waals surface area contributed by atoms with Gasteiger partial charge in [-0.25, -0.2) is 14.4 Å². The van der Waals surface area contributed by atoms with E-state index in [1.165, 1.54) is 6.07 Å². The topological polar surface area (TPSA) is 58.5 Å². The summed E-state index contributed by atoms with van der Waals surface area (Å²) in [6, 6.07) is 10.4. The van der Waals surface area contributed by atoms with Crippen molar-refractivity contribution in [2.24, 2.45) is 4.99 Å². The van der Waals surface area contributed by atoms with Crippen molar-refractivity contribution in [3.63, 3.8) is 0 Å². The normalized spacial score (nSPS) is 10.8. The Hall–Kier alpha value is -1.90. The summed E-state index contributed by atoms with van der Waals surface area (Å²) in [7, 11) is 1.60. The maximum atomic E-state index is 13.2. The largest absolute Gasteiger partial charge is 0.481 e. The minimum Gasteiger partial charge on any atom is -0.481 e. The van der Waals surface area contributed by atoms with Crippen LogP contribution in [0.2, 0.25) is 0 Å². The first-order valence-electron chi connectivity index (χ1n) is 7.97. The van der Waals surface area contributed by atoms with Crippen LogP contribution in [0.1, 0.15) is 18.1 Å². The summed E-state index contributed by atoms with van der Waals surface area (Å²) in [4.78, 5) is 8.70. The summed E-state index contributed by atoms with van der Waals surface area (Å²) in [5.41, 5.74) is 1.87. The predicted octanol–water partition coefficient (Wildman–Crippen LogP) is 3.15. The molecular formula is C18H24FIN4O. The third kappa shape index (κ3) is 7.25. The average molecular weight is 458 g/mol. The lowest BCUT2D eigenvalue weighted by Crippen LogP contribution is -2.38. The number of hydrogen-bond donors (Lipinski definition) is 2. The second kappa shape index (κ2) is 11.6. The number of guanidine groups is 1. The minimum absolute atomic E-state index is 0. The number of rotatable bonds is 7. The van der Waals surface area contributed by atoms with Crippen molar-refractivity contribution in [1.29, 1.82) is 0 Å². The quantitative estimate of drug-likeness (QED) is 0.381. The maximum absolute atomic E-state index is 13.2. The van der Waals surface area contributed by atoms with Crippen LogP contribution in [0, 0.1) is 5.82 Å². The summed E-state index contributed by atoms with van der Waals surface area (Å²) >= 11 is 0. The molecule has 0 aliphatic rings. The number of ether oxygens (including phenoxy) is 1. The molecule has 2 N–H and O–H groups in total. The smallest absolute Gasteiger partial charge is 0.218 e. The van der Waals surface area contributed by atoms with Gasteiger partial charge in [0.25, 0.3) is 0 Å². The fourth-order valence-corrected chi connectivity index (χ4v) is 2.25. The lowest BCUT2D eigenvalue weighted by Gasteiger charge is -2.12. The van der Waals surface area contributed by atoms with Gasteiger partial charge in [-0.15, -0.1) is 24.0 Å². The van der Waals surface area contributed by atoms with Crippen LogP contribution in [0.3, 0.4) is 0 Å². The molecule has 0 unspecified atom stereocenters. The van der Waals surface area contributed by atoms with Gasteiger partial charge in [0.1, 0.15) is 5.82 Å². The molecule has 1 aromatic carbocycles. The molecule has 0 amide bonds. The fraction of sp³-hybridized carbons (Fsp3) is 0.333. The number of benzene rings is 1. The molecule has 1 heterocycles. The highest BCUT2D eigenvalue weighted by atomic mass is 127. The van der Waals surface area contributed by atoms with Gasteiger partial charge in [0.05, 0.1) is 13.7 Å². The Morgan fingerprint density at radius 2 is 2.08 bits per heavy atom. The van der Waals surface area contributed by atoms with Crippen LogP contribution < -0.4 is 15.4 Å². The molecule has 2 aromatic rings. The van der Waals surface area contributed by atoms with E-state index in [1.54, 1.807) is 25.4 Å². The van der Waals surface area contributed by atoms with Crippen LogP contribution >= 0.6 is 24.0 Å². The third-order valence-corrected chi connectivity index (χ3v) is 3.39. The molecular weight excluding hydrogens is 434 g/mol. The van der Waals surface area contributed by atoms with Crippen molar-refractivity contribution in [2.75, 3.05) is 20.2 Å². The van der Waals surface area contributed by atoms with E-state index >= 15 is 0 Å². The Morgan fingerprint density at radius 1 is 1.24 bits per heavy atom. The van der Waals surface area contributed by atoms with Crippen LogP contribution in [0.4, 0.5) is 4.39 Å². The molecule has 0 spiro atoms. The minimum atomic E-state index is -0.211. The molecule has 136 valence electrons. The Morgan fingerprint density at radius 3 is 2.80 bits per heavy atom. The first-order valence-corrected chi connectivity index (χ1v) is 7.97. The van der Waals surface area contributed by atoms with Crippen LogP contribution in [0.15, 0.2) is 47.6 Å². The Kier molecular flexibility index (Phi) is 9.83. The molecule has 0 aliphatic heterocycles. The number of aliphatic imine (C=N–C) groups is 1. The van der Waals surface area contributed by atoms with Crippen molar-refractivity contribution in [3.8, 4) is 5.88 Å². The standard InChI is InChI=1S/C18H23FN4O.HI/c1-3-20-18(22-11-9-14-6-4-8-16(19)12-14)23-13-15-7-5-10-21-17(15)24-2;/h4-8,10,12H,3,9,11,13H2,1-2H3,(H2,20,22,23);1H. The number of pyridine rings is 1. The van der Waals surface area contributed by atoms with Crippen LogP contribution in [-0.2, 0) is 13.0 Å². The zero-order chi connectivity index (χ0) is 17.2. The van der Waals surface area contributed by atoms with Crippen LogP contribution in [0.5, 0.6) is 5.88 Å². The van der Waals surface area contributed by atoms with E-state index in [9.17, 15) is 4.39 Å². The molecule has 2 rings (SSSR count). The first-order chi connectivity index (χ1) is 11.7. The van der Waals surface area contributed by atoms with E-state index < -0.39 is 0 Å². The van der Waals surface area contributed by atoms with Crippen LogP contribution in [0.25, 0.3) is 0 Å². The monoisotopic (exact) mass is 458 g/mol. The maximum Gasteiger partial charge on any atom is 0.218 e. The molecule has 1 aromatic heterocycles. The SMILES string of the molecule is CCNC(=NCc1cccnc1OC)NCCc1cccc(F)c1.I. The van der Waals surface area contributed by atoms with E-state index in [2.05, 4.69) is 20.6 Å². The number of nitrogens with zero attached hydrogens (tertiary/aromatic N) is 2. The van der Waals surface area contributed by atoms with Gasteiger partial charge >= 0.3 is 0 Å². The Bertz CT molecular complexity index is 682. The summed E-state index contributed by atoms with van der Waals surface area (Å²) in [5.74, 6) is 1.08. The number of halogens is 2. The molecule has 0 radical (unpaired) electrons. The predicted molar refractivity (Wildman–Crippen MR) is 109 cm³/mol. The Balaban J connectivity index is 0.00000312. The lowest BCUT2D eigenvalue weighted by molar-refractivity contribution is 0.392. The molecule has 25 heavy (non-hydrogen) atoms. The van der Waals surface area contributed by atoms with E-state index in [0.29, 0.717) is 24.9 Å². The van der Waals surface area contributed by atoms with Gasteiger partial charge in [-0.05, 0) is 37.1 Å². The second-order valence-electron chi connectivity index (χ2n) is 5.17. The lowest BCUT2D eigenvalue weighted by atomic mass is 10.1. The highest BCUT2D eigenvalue weighted by Gasteiger charge is 2.04. The van der Waals surface area contributed by atoms with Crippen molar-refractivity contribution in [3.05, 3.63) is 59.5 Å². The van der Waals surface area contributed by atoms with Gasteiger partial charge in [0.15, 0.2) is 5.96 Å². The third-order valence-electron chi connectivity index (χ3n) is 3.39. The van der Waals surface area contributed by atoms with Gasteiger partial charge in [0, 0.05) is 24.8 Å². The first kappa shape index (κ1) is 21.1. The number of methoxy groups -OCH3 is 1. The van der Waals surface area contributed by atoms with E-state index in [4.69, 9.17) is 4.74 Å². The highest BCUT2D eigenvalue weighted by Crippen LogP contribution is 2.14. The van der Waals surface area contributed by atoms with Gasteiger partial charge in [-0.2, -0.15) is 0 Å². The summed E-state index contributed by atoms with van der Waals surface area (Å²) in [6.07, 6.45) is 2.41.